The van der Waals surface area contributed by atoms with E-state index in [2.05, 4.69) is 8.92 Å². The zero-order valence-electron chi connectivity index (χ0n) is 10.3. The molecule has 1 unspecified atom stereocenters. The van der Waals surface area contributed by atoms with Gasteiger partial charge in [-0.15, -0.1) is 0 Å². The molecule has 1 aliphatic carbocycles. The van der Waals surface area contributed by atoms with Gasteiger partial charge in [0.2, 0.25) is 0 Å². The van der Waals surface area contributed by atoms with Gasteiger partial charge in [-0.1, -0.05) is 6.92 Å². The van der Waals surface area contributed by atoms with Crippen molar-refractivity contribution < 1.29 is 35.3 Å². The summed E-state index contributed by atoms with van der Waals surface area (Å²) in [5.74, 6) is -1.44. The van der Waals surface area contributed by atoms with Crippen molar-refractivity contribution in [2.45, 2.75) is 31.7 Å². The molecule has 0 saturated carbocycles. The predicted molar refractivity (Wildman–Crippen MR) is 58.1 cm³/mol. The highest BCUT2D eigenvalue weighted by Gasteiger charge is 2.49. The Morgan fingerprint density at radius 1 is 1.37 bits per heavy atom. The lowest BCUT2D eigenvalue weighted by Gasteiger charge is -2.23. The molecule has 0 bridgehead atoms. The first-order chi connectivity index (χ1) is 8.58. The molecule has 0 aromatic rings. The van der Waals surface area contributed by atoms with Crippen LogP contribution >= 0.6 is 0 Å². The Morgan fingerprint density at radius 3 is 2.42 bits per heavy atom. The molecular weight excluding hydrogens is 289 g/mol. The Balaban J connectivity index is 3.12. The SMILES string of the molecule is COC(=O)C1=C(OS(=O)(=O)C(F)(F)F)CC(C)CC1. The number of alkyl halides is 3. The number of carbonyl (C=O) groups is 1. The summed E-state index contributed by atoms with van der Waals surface area (Å²) in [6.07, 6.45) is 0.611. The van der Waals surface area contributed by atoms with Gasteiger partial charge in [-0.25, -0.2) is 4.79 Å². The predicted octanol–water partition coefficient (Wildman–Crippen LogP) is 2.10. The van der Waals surface area contributed by atoms with Gasteiger partial charge in [0.1, 0.15) is 5.76 Å². The molecule has 1 aliphatic rings. The summed E-state index contributed by atoms with van der Waals surface area (Å²) in [4.78, 5) is 11.4. The number of halogens is 3. The molecular formula is C10H13F3O5S. The average Bonchev–Trinajstić information content (AvgIpc) is 2.26. The quantitative estimate of drug-likeness (QED) is 0.453. The van der Waals surface area contributed by atoms with E-state index >= 15 is 0 Å². The largest absolute Gasteiger partial charge is 0.534 e. The highest BCUT2D eigenvalue weighted by molar-refractivity contribution is 7.87. The smallest absolute Gasteiger partial charge is 0.466 e. The van der Waals surface area contributed by atoms with E-state index in [0.29, 0.717) is 6.42 Å². The summed E-state index contributed by atoms with van der Waals surface area (Å²) in [6, 6.07) is 0. The average molecular weight is 302 g/mol. The van der Waals surface area contributed by atoms with Crippen molar-refractivity contribution in [1.29, 1.82) is 0 Å². The Hall–Kier alpha value is -1.25. The molecule has 0 heterocycles. The third-order valence-electron chi connectivity index (χ3n) is 2.68. The van der Waals surface area contributed by atoms with E-state index in [1.165, 1.54) is 0 Å². The zero-order valence-corrected chi connectivity index (χ0v) is 11.1. The lowest BCUT2D eigenvalue weighted by Crippen LogP contribution is -2.28. The van der Waals surface area contributed by atoms with E-state index in [1.54, 1.807) is 6.92 Å². The first kappa shape index (κ1) is 15.8. The van der Waals surface area contributed by atoms with Crippen molar-refractivity contribution >= 4 is 16.1 Å². The number of rotatable bonds is 3. The second-order valence-corrected chi connectivity index (χ2v) is 5.76. The lowest BCUT2D eigenvalue weighted by atomic mass is 9.89. The normalized spacial score (nSPS) is 21.2. The van der Waals surface area contributed by atoms with Crippen LogP contribution in [-0.2, 0) is 23.8 Å². The fourth-order valence-corrected chi connectivity index (χ4v) is 2.20. The number of carbonyl (C=O) groups excluding carboxylic acids is 1. The van der Waals surface area contributed by atoms with Gasteiger partial charge < -0.3 is 8.92 Å². The van der Waals surface area contributed by atoms with Gasteiger partial charge >= 0.3 is 21.6 Å². The Labute approximate surface area is 108 Å². The molecule has 0 spiro atoms. The molecule has 9 heteroatoms. The molecule has 0 amide bonds. The molecule has 110 valence electrons. The maximum absolute atomic E-state index is 12.2. The fourth-order valence-electron chi connectivity index (χ4n) is 1.67. The highest BCUT2D eigenvalue weighted by atomic mass is 32.2. The second-order valence-electron chi connectivity index (χ2n) is 4.22. The third-order valence-corrected chi connectivity index (χ3v) is 3.67. The van der Waals surface area contributed by atoms with Crippen LogP contribution in [0.1, 0.15) is 26.2 Å². The second kappa shape index (κ2) is 5.40. The van der Waals surface area contributed by atoms with Crippen molar-refractivity contribution in [2.75, 3.05) is 7.11 Å². The molecule has 0 fully saturated rings. The third kappa shape index (κ3) is 3.62. The van der Waals surface area contributed by atoms with E-state index in [-0.39, 0.29) is 24.3 Å². The van der Waals surface area contributed by atoms with Gasteiger partial charge in [0.15, 0.2) is 0 Å². The zero-order chi connectivity index (χ0) is 14.8. The van der Waals surface area contributed by atoms with Crippen LogP contribution in [0.15, 0.2) is 11.3 Å². The minimum atomic E-state index is -5.76. The lowest BCUT2D eigenvalue weighted by molar-refractivity contribution is -0.136. The summed E-state index contributed by atoms with van der Waals surface area (Å²) in [5, 5.41) is 0. The highest BCUT2D eigenvalue weighted by Crippen LogP contribution is 2.35. The van der Waals surface area contributed by atoms with E-state index in [1.807, 2.05) is 0 Å². The molecule has 19 heavy (non-hydrogen) atoms. The maximum Gasteiger partial charge on any atom is 0.534 e. The molecule has 0 saturated heterocycles. The van der Waals surface area contributed by atoms with E-state index < -0.39 is 27.4 Å². The van der Waals surface area contributed by atoms with Crippen LogP contribution in [-0.4, -0.2) is 27.0 Å². The number of hydrogen-bond acceptors (Lipinski definition) is 5. The van der Waals surface area contributed by atoms with Crippen LogP contribution in [0.5, 0.6) is 0 Å². The minimum absolute atomic E-state index is 0.0558. The van der Waals surface area contributed by atoms with Gasteiger partial charge in [-0.05, 0) is 18.8 Å². The molecule has 0 N–H and O–H groups in total. The van der Waals surface area contributed by atoms with Crippen LogP contribution in [0.3, 0.4) is 0 Å². The van der Waals surface area contributed by atoms with Crippen LogP contribution in [0, 0.1) is 5.92 Å². The first-order valence-corrected chi connectivity index (χ1v) is 6.80. The van der Waals surface area contributed by atoms with E-state index in [0.717, 1.165) is 7.11 Å². The van der Waals surface area contributed by atoms with Crippen molar-refractivity contribution in [3.05, 3.63) is 11.3 Å². The van der Waals surface area contributed by atoms with Gasteiger partial charge in [0.25, 0.3) is 0 Å². The molecule has 0 aromatic heterocycles. The summed E-state index contributed by atoms with van der Waals surface area (Å²) in [6.45, 7) is 1.72. The Morgan fingerprint density at radius 2 is 1.95 bits per heavy atom. The van der Waals surface area contributed by atoms with Crippen molar-refractivity contribution in [3.63, 3.8) is 0 Å². The summed E-state index contributed by atoms with van der Waals surface area (Å²) < 4.78 is 67.1. The van der Waals surface area contributed by atoms with Crippen LogP contribution in [0.2, 0.25) is 0 Å². The number of ether oxygens (including phenoxy) is 1. The molecule has 0 aliphatic heterocycles. The monoisotopic (exact) mass is 302 g/mol. The molecule has 0 aromatic carbocycles. The van der Waals surface area contributed by atoms with Crippen LogP contribution in [0.4, 0.5) is 13.2 Å². The number of allylic oxidation sites excluding steroid dienone is 1. The Kier molecular flexibility index (Phi) is 4.49. The number of hydrogen-bond donors (Lipinski definition) is 0. The number of methoxy groups -OCH3 is 1. The molecule has 0 radical (unpaired) electrons. The first-order valence-electron chi connectivity index (χ1n) is 5.39. The number of esters is 1. The van der Waals surface area contributed by atoms with Crippen LogP contribution in [0.25, 0.3) is 0 Å². The van der Waals surface area contributed by atoms with Gasteiger partial charge in [-0.3, -0.25) is 0 Å². The topological polar surface area (TPSA) is 69.7 Å². The van der Waals surface area contributed by atoms with Crippen LogP contribution < -0.4 is 0 Å². The maximum atomic E-state index is 12.2. The van der Waals surface area contributed by atoms with Gasteiger partial charge in [0, 0.05) is 6.42 Å². The van der Waals surface area contributed by atoms with Crippen molar-refractivity contribution in [2.24, 2.45) is 5.92 Å². The Bertz CT molecular complexity index is 492. The van der Waals surface area contributed by atoms with E-state index in [9.17, 15) is 26.4 Å². The summed E-state index contributed by atoms with van der Waals surface area (Å²) >= 11 is 0. The molecule has 1 rings (SSSR count). The molecule has 1 atom stereocenters. The van der Waals surface area contributed by atoms with Gasteiger partial charge in [-0.2, -0.15) is 21.6 Å². The van der Waals surface area contributed by atoms with Crippen molar-refractivity contribution in [1.82, 2.24) is 0 Å². The minimum Gasteiger partial charge on any atom is -0.466 e. The molecule has 5 nitrogen and oxygen atoms in total. The van der Waals surface area contributed by atoms with E-state index in [4.69, 9.17) is 0 Å². The standard InChI is InChI=1S/C10H13F3O5S/c1-6-3-4-7(9(14)17-2)8(5-6)18-19(15,16)10(11,12)13/h6H,3-5H2,1-2H3. The van der Waals surface area contributed by atoms with Gasteiger partial charge in [0.05, 0.1) is 12.7 Å². The fraction of sp³-hybridized carbons (Fsp3) is 0.700. The van der Waals surface area contributed by atoms with Crippen molar-refractivity contribution in [3.8, 4) is 0 Å². The summed E-state index contributed by atoms with van der Waals surface area (Å²) in [5.41, 5.74) is -5.68. The summed E-state index contributed by atoms with van der Waals surface area (Å²) in [7, 11) is -4.70.